The monoisotopic (exact) mass is 165 g/mol. The maximum atomic E-state index is 4.35. The number of aromatic nitrogens is 1. The van der Waals surface area contributed by atoms with Gasteiger partial charge in [0, 0.05) is 6.20 Å². The summed E-state index contributed by atoms with van der Waals surface area (Å²) in [6, 6.07) is 6.15. The van der Waals surface area contributed by atoms with Crippen LogP contribution in [0, 0.1) is 0 Å². The normalized spacial score (nSPS) is 29.5. The van der Waals surface area contributed by atoms with Gasteiger partial charge in [-0.15, -0.1) is 11.8 Å². The van der Waals surface area contributed by atoms with Crippen LogP contribution in [0.3, 0.4) is 0 Å². The highest BCUT2D eigenvalue weighted by Crippen LogP contribution is 2.47. The maximum absolute atomic E-state index is 4.35. The van der Waals surface area contributed by atoms with Gasteiger partial charge in [0.1, 0.15) is 0 Å². The molecule has 0 aliphatic carbocycles. The number of thioether (sulfide) groups is 1. The van der Waals surface area contributed by atoms with Gasteiger partial charge in [0.25, 0.3) is 0 Å². The number of pyridine rings is 1. The summed E-state index contributed by atoms with van der Waals surface area (Å²) in [6.07, 6.45) is 3.15. The van der Waals surface area contributed by atoms with Crippen LogP contribution in [0.2, 0.25) is 0 Å². The van der Waals surface area contributed by atoms with Crippen molar-refractivity contribution in [2.45, 2.75) is 18.1 Å². The van der Waals surface area contributed by atoms with E-state index in [0.29, 0.717) is 4.75 Å². The van der Waals surface area contributed by atoms with Crippen LogP contribution in [0.1, 0.15) is 19.0 Å². The van der Waals surface area contributed by atoms with Crippen LogP contribution in [0.15, 0.2) is 24.4 Å². The summed E-state index contributed by atoms with van der Waals surface area (Å²) in [6.45, 7) is 2.27. The van der Waals surface area contributed by atoms with Gasteiger partial charge in [-0.05, 0) is 31.2 Å². The lowest BCUT2D eigenvalue weighted by Crippen LogP contribution is -2.28. The molecule has 1 nitrogen and oxygen atoms in total. The van der Waals surface area contributed by atoms with Gasteiger partial charge in [-0.1, -0.05) is 6.07 Å². The van der Waals surface area contributed by atoms with Gasteiger partial charge in [0.05, 0.1) is 10.4 Å². The molecule has 1 aromatic rings. The molecule has 0 bridgehead atoms. The molecule has 1 fully saturated rings. The fourth-order valence-corrected chi connectivity index (χ4v) is 2.37. The third-order valence-corrected chi connectivity index (χ3v) is 3.67. The highest BCUT2D eigenvalue weighted by molar-refractivity contribution is 8.01. The van der Waals surface area contributed by atoms with Crippen molar-refractivity contribution in [3.8, 4) is 0 Å². The maximum Gasteiger partial charge on any atom is 0.0561 e. The molecule has 1 saturated heterocycles. The predicted molar refractivity (Wildman–Crippen MR) is 48.7 cm³/mol. The topological polar surface area (TPSA) is 12.9 Å². The third-order valence-electron chi connectivity index (χ3n) is 2.21. The second-order valence-corrected chi connectivity index (χ2v) is 4.64. The van der Waals surface area contributed by atoms with Crippen molar-refractivity contribution in [3.05, 3.63) is 30.1 Å². The molecule has 2 rings (SSSR count). The Bertz CT molecular complexity index is 241. The third kappa shape index (κ3) is 1.16. The predicted octanol–water partition coefficient (Wildman–Crippen LogP) is 2.43. The van der Waals surface area contributed by atoms with Crippen molar-refractivity contribution in [2.24, 2.45) is 0 Å². The van der Waals surface area contributed by atoms with Crippen molar-refractivity contribution in [1.82, 2.24) is 4.98 Å². The quantitative estimate of drug-likeness (QED) is 0.634. The first-order valence-corrected chi connectivity index (χ1v) is 4.85. The van der Waals surface area contributed by atoms with Crippen LogP contribution in [-0.4, -0.2) is 10.7 Å². The van der Waals surface area contributed by atoms with E-state index < -0.39 is 0 Å². The van der Waals surface area contributed by atoms with Gasteiger partial charge < -0.3 is 0 Å². The van der Waals surface area contributed by atoms with E-state index in [-0.39, 0.29) is 0 Å². The fourth-order valence-electron chi connectivity index (χ4n) is 1.29. The summed E-state index contributed by atoms with van der Waals surface area (Å²) in [5, 5.41) is 0. The van der Waals surface area contributed by atoms with Crippen molar-refractivity contribution < 1.29 is 0 Å². The molecule has 1 unspecified atom stereocenters. The van der Waals surface area contributed by atoms with Gasteiger partial charge in [-0.2, -0.15) is 0 Å². The lowest BCUT2D eigenvalue weighted by atomic mass is 10.0. The minimum atomic E-state index is 0.321. The summed E-state index contributed by atoms with van der Waals surface area (Å²) in [5.74, 6) is 1.28. The molecule has 2 heterocycles. The molecule has 1 atom stereocenters. The van der Waals surface area contributed by atoms with E-state index in [1.165, 1.54) is 17.9 Å². The van der Waals surface area contributed by atoms with Crippen LogP contribution in [0.4, 0.5) is 0 Å². The molecule has 0 aromatic carbocycles. The second-order valence-electron chi connectivity index (χ2n) is 3.04. The summed E-state index contributed by atoms with van der Waals surface area (Å²) >= 11 is 2.00. The first kappa shape index (κ1) is 7.17. The molecule has 2 heteroatoms. The van der Waals surface area contributed by atoms with Crippen LogP contribution >= 0.6 is 11.8 Å². The summed E-state index contributed by atoms with van der Waals surface area (Å²) in [5.41, 5.74) is 1.23. The summed E-state index contributed by atoms with van der Waals surface area (Å²) in [7, 11) is 0. The van der Waals surface area contributed by atoms with Gasteiger partial charge in [0.2, 0.25) is 0 Å². The van der Waals surface area contributed by atoms with E-state index >= 15 is 0 Å². The van der Waals surface area contributed by atoms with Crippen molar-refractivity contribution in [2.75, 3.05) is 5.75 Å². The summed E-state index contributed by atoms with van der Waals surface area (Å²) in [4.78, 5) is 4.35. The van der Waals surface area contributed by atoms with Gasteiger partial charge in [-0.3, -0.25) is 4.98 Å². The molecular weight excluding hydrogens is 154 g/mol. The van der Waals surface area contributed by atoms with Gasteiger partial charge in [-0.25, -0.2) is 0 Å². The molecule has 0 saturated carbocycles. The van der Waals surface area contributed by atoms with Gasteiger partial charge in [0.15, 0.2) is 0 Å². The molecule has 1 aliphatic heterocycles. The van der Waals surface area contributed by atoms with Crippen LogP contribution in [0.5, 0.6) is 0 Å². The molecule has 58 valence electrons. The average molecular weight is 165 g/mol. The lowest BCUT2D eigenvalue weighted by Gasteiger charge is -2.36. The van der Waals surface area contributed by atoms with Crippen molar-refractivity contribution >= 4 is 11.8 Å². The standard InChI is InChI=1S/C9H11NS/c1-9(5-7-11-9)8-4-2-3-6-10-8/h2-4,6H,5,7H2,1H3. The molecule has 11 heavy (non-hydrogen) atoms. The minimum Gasteiger partial charge on any atom is -0.260 e. The fraction of sp³-hybridized carbons (Fsp3) is 0.444. The molecule has 0 N–H and O–H groups in total. The Labute approximate surface area is 71.2 Å². The zero-order valence-corrected chi connectivity index (χ0v) is 7.40. The van der Waals surface area contributed by atoms with E-state index in [1.807, 2.05) is 24.0 Å². The van der Waals surface area contributed by atoms with Crippen LogP contribution in [-0.2, 0) is 4.75 Å². The first-order chi connectivity index (χ1) is 5.31. The Balaban J connectivity index is 2.29. The van der Waals surface area contributed by atoms with E-state index in [4.69, 9.17) is 0 Å². The Hall–Kier alpha value is -0.500. The number of nitrogens with zero attached hydrogens (tertiary/aromatic N) is 1. The summed E-state index contributed by atoms with van der Waals surface area (Å²) < 4.78 is 0.321. The molecule has 0 amide bonds. The smallest absolute Gasteiger partial charge is 0.0561 e. The number of rotatable bonds is 1. The largest absolute Gasteiger partial charge is 0.260 e. The average Bonchev–Trinajstić information content (AvgIpc) is 2.02. The van der Waals surface area contributed by atoms with E-state index in [1.54, 1.807) is 0 Å². The molecule has 0 spiro atoms. The minimum absolute atomic E-state index is 0.321. The molecule has 0 radical (unpaired) electrons. The first-order valence-electron chi connectivity index (χ1n) is 3.87. The Kier molecular flexibility index (Phi) is 1.64. The second kappa shape index (κ2) is 2.52. The number of hydrogen-bond acceptors (Lipinski definition) is 2. The Morgan fingerprint density at radius 2 is 2.36 bits per heavy atom. The molecule has 1 aromatic heterocycles. The van der Waals surface area contributed by atoms with Crippen LogP contribution < -0.4 is 0 Å². The number of hydrogen-bond donors (Lipinski definition) is 0. The lowest BCUT2D eigenvalue weighted by molar-refractivity contribution is 0.606. The van der Waals surface area contributed by atoms with Crippen molar-refractivity contribution in [1.29, 1.82) is 0 Å². The molecular formula is C9H11NS. The van der Waals surface area contributed by atoms with Gasteiger partial charge >= 0.3 is 0 Å². The van der Waals surface area contributed by atoms with Crippen LogP contribution in [0.25, 0.3) is 0 Å². The highest BCUT2D eigenvalue weighted by atomic mass is 32.2. The van der Waals surface area contributed by atoms with E-state index in [0.717, 1.165) is 0 Å². The molecule has 1 aliphatic rings. The zero-order valence-electron chi connectivity index (χ0n) is 6.58. The van der Waals surface area contributed by atoms with E-state index in [2.05, 4.69) is 24.0 Å². The highest BCUT2D eigenvalue weighted by Gasteiger charge is 2.35. The van der Waals surface area contributed by atoms with Crippen molar-refractivity contribution in [3.63, 3.8) is 0 Å². The van der Waals surface area contributed by atoms with E-state index in [9.17, 15) is 0 Å². The zero-order chi connectivity index (χ0) is 7.73. The SMILES string of the molecule is CC1(c2ccccn2)CCS1. The Morgan fingerprint density at radius 3 is 2.82 bits per heavy atom. The Morgan fingerprint density at radius 1 is 1.55 bits per heavy atom.